The highest BCUT2D eigenvalue weighted by Gasteiger charge is 2.20. The summed E-state index contributed by atoms with van der Waals surface area (Å²) in [5.41, 5.74) is 8.29. The van der Waals surface area contributed by atoms with Gasteiger partial charge in [-0.25, -0.2) is 13.7 Å². The average molecular weight is 363 g/mol. The maximum Gasteiger partial charge on any atom is 0.472 e. The molecule has 25 heavy (non-hydrogen) atoms. The van der Waals surface area contributed by atoms with Crippen LogP contribution in [-0.4, -0.2) is 19.9 Å². The van der Waals surface area contributed by atoms with E-state index in [-0.39, 0.29) is 12.5 Å². The molecular weight excluding hydrogens is 347 g/mol. The third-order valence-electron chi connectivity index (χ3n) is 3.41. The van der Waals surface area contributed by atoms with Crippen molar-refractivity contribution in [1.82, 2.24) is 10.1 Å². The standard InChI is InChI=1S/C15H15N4O5P/c16-15-13(4-2-6-19(15)10-23-25(20,21)22)14-8-12(18-24-14)7-11-3-1-5-17-9-11/h1-6,8-9,16H,7,10H2,(H2,20,21,22)/p+1. The monoisotopic (exact) mass is 363 g/mol. The van der Waals surface area contributed by atoms with Gasteiger partial charge in [0.25, 0.3) is 5.82 Å². The summed E-state index contributed by atoms with van der Waals surface area (Å²) < 4.78 is 22.0. The van der Waals surface area contributed by atoms with E-state index in [1.807, 2.05) is 12.1 Å². The van der Waals surface area contributed by atoms with Crippen LogP contribution in [0.2, 0.25) is 0 Å². The molecule has 0 saturated heterocycles. The molecule has 0 amide bonds. The highest BCUT2D eigenvalue weighted by atomic mass is 31.2. The van der Waals surface area contributed by atoms with E-state index in [1.54, 1.807) is 36.8 Å². The van der Waals surface area contributed by atoms with Crippen molar-refractivity contribution in [2.75, 3.05) is 5.73 Å². The van der Waals surface area contributed by atoms with Crippen molar-refractivity contribution in [3.8, 4) is 11.3 Å². The predicted molar refractivity (Wildman–Crippen MR) is 86.7 cm³/mol. The first-order chi connectivity index (χ1) is 11.9. The fourth-order valence-corrected chi connectivity index (χ4v) is 2.53. The van der Waals surface area contributed by atoms with Gasteiger partial charge < -0.3 is 14.3 Å². The average Bonchev–Trinajstić information content (AvgIpc) is 3.02. The number of nitrogen functional groups attached to an aromatic ring is 1. The van der Waals surface area contributed by atoms with Gasteiger partial charge in [-0.2, -0.15) is 0 Å². The van der Waals surface area contributed by atoms with Gasteiger partial charge in [0.2, 0.25) is 6.73 Å². The molecular formula is C15H16N4O5P+. The van der Waals surface area contributed by atoms with Gasteiger partial charge in [0.15, 0.2) is 5.76 Å². The number of anilines is 1. The Morgan fingerprint density at radius 3 is 2.88 bits per heavy atom. The Morgan fingerprint density at radius 1 is 1.32 bits per heavy atom. The summed E-state index contributed by atoms with van der Waals surface area (Å²) in [4.78, 5) is 21.7. The molecule has 4 N–H and O–H groups in total. The highest BCUT2D eigenvalue weighted by Crippen LogP contribution is 2.35. The topological polar surface area (TPSA) is 136 Å². The van der Waals surface area contributed by atoms with E-state index in [2.05, 4.69) is 14.7 Å². The number of phosphoric ester groups is 1. The molecule has 130 valence electrons. The highest BCUT2D eigenvalue weighted by molar-refractivity contribution is 7.46. The van der Waals surface area contributed by atoms with Gasteiger partial charge in [-0.1, -0.05) is 11.2 Å². The Labute approximate surface area is 142 Å². The minimum atomic E-state index is -4.59. The van der Waals surface area contributed by atoms with Gasteiger partial charge >= 0.3 is 7.82 Å². The Morgan fingerprint density at radius 2 is 2.16 bits per heavy atom. The molecule has 0 saturated carbocycles. The number of nitrogens with two attached hydrogens (primary N) is 1. The van der Waals surface area contributed by atoms with Crippen LogP contribution in [0.1, 0.15) is 11.3 Å². The molecule has 0 bridgehead atoms. The number of hydrogen-bond acceptors (Lipinski definition) is 6. The van der Waals surface area contributed by atoms with E-state index >= 15 is 0 Å². The minimum Gasteiger partial charge on any atom is -0.356 e. The van der Waals surface area contributed by atoms with Gasteiger partial charge in [0.05, 0.1) is 11.9 Å². The normalized spacial score (nSPS) is 11.6. The lowest BCUT2D eigenvalue weighted by Gasteiger charge is -2.07. The van der Waals surface area contributed by atoms with Crippen molar-refractivity contribution in [3.63, 3.8) is 0 Å². The molecule has 3 aromatic rings. The first kappa shape index (κ1) is 17.2. The van der Waals surface area contributed by atoms with Crippen LogP contribution in [0.5, 0.6) is 0 Å². The maximum atomic E-state index is 10.8. The first-order valence-corrected chi connectivity index (χ1v) is 8.78. The number of phosphoric acid groups is 1. The fraction of sp³-hybridized carbons (Fsp3) is 0.133. The quantitative estimate of drug-likeness (QED) is 0.440. The van der Waals surface area contributed by atoms with Crippen molar-refractivity contribution in [1.29, 1.82) is 0 Å². The number of pyridine rings is 2. The fourth-order valence-electron chi connectivity index (χ4n) is 2.26. The summed E-state index contributed by atoms with van der Waals surface area (Å²) in [6.45, 7) is -0.388. The van der Waals surface area contributed by atoms with Crippen molar-refractivity contribution >= 4 is 13.6 Å². The molecule has 0 aliphatic heterocycles. The smallest absolute Gasteiger partial charge is 0.356 e. The van der Waals surface area contributed by atoms with Crippen LogP contribution in [0, 0.1) is 0 Å². The van der Waals surface area contributed by atoms with Gasteiger partial charge in [-0.3, -0.25) is 10.7 Å². The number of rotatable bonds is 6. The van der Waals surface area contributed by atoms with Crippen molar-refractivity contribution < 1.29 is 28.0 Å². The van der Waals surface area contributed by atoms with Crippen molar-refractivity contribution in [2.45, 2.75) is 13.2 Å². The zero-order chi connectivity index (χ0) is 17.9. The number of nitrogens with zero attached hydrogens (tertiary/aromatic N) is 3. The minimum absolute atomic E-state index is 0.236. The second kappa shape index (κ2) is 7.12. The van der Waals surface area contributed by atoms with E-state index < -0.39 is 7.82 Å². The van der Waals surface area contributed by atoms with Gasteiger partial charge in [0, 0.05) is 24.9 Å². The van der Waals surface area contributed by atoms with Crippen LogP contribution >= 0.6 is 7.82 Å². The molecule has 0 unspecified atom stereocenters. The van der Waals surface area contributed by atoms with E-state index in [9.17, 15) is 4.57 Å². The zero-order valence-corrected chi connectivity index (χ0v) is 13.9. The molecule has 0 aliphatic rings. The Balaban J connectivity index is 1.81. The summed E-state index contributed by atoms with van der Waals surface area (Å²) in [5, 5.41) is 4.02. The molecule has 0 radical (unpaired) electrons. The first-order valence-electron chi connectivity index (χ1n) is 7.25. The SMILES string of the molecule is Nc1c(-c2cc(Cc3cccnc3)no2)ccc[n+]1COP(=O)(O)O. The van der Waals surface area contributed by atoms with Crippen molar-refractivity contribution in [2.24, 2.45) is 0 Å². The summed E-state index contributed by atoms with van der Waals surface area (Å²) in [5.74, 6) is 0.682. The lowest BCUT2D eigenvalue weighted by molar-refractivity contribution is -0.711. The maximum absolute atomic E-state index is 10.8. The van der Waals surface area contributed by atoms with Crippen LogP contribution in [0.3, 0.4) is 0 Å². The summed E-state index contributed by atoms with van der Waals surface area (Å²) in [6.07, 6.45) is 5.55. The molecule has 0 spiro atoms. The summed E-state index contributed by atoms with van der Waals surface area (Å²) in [7, 11) is -4.59. The molecule has 3 aromatic heterocycles. The Kier molecular flexibility index (Phi) is 4.91. The van der Waals surface area contributed by atoms with E-state index in [4.69, 9.17) is 20.0 Å². The molecule has 0 atom stereocenters. The van der Waals surface area contributed by atoms with Crippen LogP contribution in [0.25, 0.3) is 11.3 Å². The number of hydrogen-bond donors (Lipinski definition) is 3. The second-order valence-corrected chi connectivity index (χ2v) is 6.49. The van der Waals surface area contributed by atoms with Crippen LogP contribution in [0.15, 0.2) is 53.4 Å². The van der Waals surface area contributed by atoms with E-state index in [0.29, 0.717) is 23.4 Å². The predicted octanol–water partition coefficient (Wildman–Crippen LogP) is 1.26. The lowest BCUT2D eigenvalue weighted by Crippen LogP contribution is -2.38. The van der Waals surface area contributed by atoms with E-state index in [1.165, 1.54) is 4.57 Å². The Hall–Kier alpha value is -2.58. The molecule has 9 nitrogen and oxygen atoms in total. The Bertz CT molecular complexity index is 909. The molecule has 0 fully saturated rings. The molecule has 0 aromatic carbocycles. The summed E-state index contributed by atoms with van der Waals surface area (Å²) >= 11 is 0. The molecule has 3 rings (SSSR count). The van der Waals surface area contributed by atoms with Crippen LogP contribution in [-0.2, 0) is 22.2 Å². The molecule has 0 aliphatic carbocycles. The summed E-state index contributed by atoms with van der Waals surface area (Å²) in [6, 6.07) is 8.92. The van der Waals surface area contributed by atoms with Crippen LogP contribution < -0.4 is 10.3 Å². The van der Waals surface area contributed by atoms with E-state index in [0.717, 1.165) is 5.56 Å². The van der Waals surface area contributed by atoms with Gasteiger partial charge in [-0.15, -0.1) is 0 Å². The lowest BCUT2D eigenvalue weighted by atomic mass is 10.1. The third kappa shape index (κ3) is 4.49. The van der Waals surface area contributed by atoms with Crippen molar-refractivity contribution in [3.05, 3.63) is 60.2 Å². The van der Waals surface area contributed by atoms with Gasteiger partial charge in [0.1, 0.15) is 5.56 Å². The molecule has 3 heterocycles. The third-order valence-corrected chi connectivity index (χ3v) is 3.86. The largest absolute Gasteiger partial charge is 0.472 e. The number of aromatic nitrogens is 3. The molecule has 10 heteroatoms. The van der Waals surface area contributed by atoms with Gasteiger partial charge in [-0.05, 0) is 23.8 Å². The van der Waals surface area contributed by atoms with Crippen LogP contribution in [0.4, 0.5) is 5.82 Å². The zero-order valence-electron chi connectivity index (χ0n) is 13.0. The second-order valence-electron chi connectivity index (χ2n) is 5.25.